The van der Waals surface area contributed by atoms with Crippen LogP contribution < -0.4 is 0 Å². The molecule has 0 aliphatic carbocycles. The minimum atomic E-state index is -2.49. The molecule has 0 bridgehead atoms. The number of carbonyl (C=O) groups is 5. The highest BCUT2D eigenvalue weighted by Crippen LogP contribution is 2.46. The van der Waals surface area contributed by atoms with E-state index in [1.165, 1.54) is 0 Å². The maximum absolute atomic E-state index is 15.5. The summed E-state index contributed by atoms with van der Waals surface area (Å²) in [7, 11) is 0. The highest BCUT2D eigenvalue weighted by atomic mass is 35.5. The molecule has 0 saturated carbocycles. The summed E-state index contributed by atoms with van der Waals surface area (Å²) >= 11 is 24.3. The molecule has 0 unspecified atom stereocenters. The van der Waals surface area contributed by atoms with Crippen LogP contribution in [-0.2, 0) is 33.3 Å². The summed E-state index contributed by atoms with van der Waals surface area (Å²) in [6, 6.07) is -1.96. The first-order chi connectivity index (χ1) is 16.3. The van der Waals surface area contributed by atoms with E-state index in [0.717, 1.165) is 20.8 Å². The molecule has 0 spiro atoms. The van der Waals surface area contributed by atoms with Crippen molar-refractivity contribution in [2.45, 2.75) is 51.5 Å². The van der Waals surface area contributed by atoms with Crippen LogP contribution in [0.3, 0.4) is 0 Å². The monoisotopic (exact) mass is 573 g/mol. The normalized spacial score (nSPS) is 25.8. The zero-order chi connectivity index (χ0) is 26.4. The number of amides is 2. The fraction of sp³-hybridized carbons (Fsp3) is 0.450. The second kappa shape index (κ2) is 10.4. The molecule has 0 radical (unpaired) electrons. The summed E-state index contributed by atoms with van der Waals surface area (Å²) in [5, 5.41) is -1.44. The molecule has 1 saturated heterocycles. The van der Waals surface area contributed by atoms with E-state index in [1.807, 2.05) is 0 Å². The SMILES string of the molecule is CC(=O)OC[C@H]1O[C@H](F)[C@H](N2C(=O)c3c(Cl)c(Cl)c(Cl)c(Cl)c3C2=O)[C@@H](OC(C)=O)[C@@H]1OC(C)=O. The Hall–Kier alpha value is -2.18. The van der Waals surface area contributed by atoms with E-state index < -0.39 is 88.2 Å². The van der Waals surface area contributed by atoms with Gasteiger partial charge in [0.25, 0.3) is 11.8 Å². The predicted octanol–water partition coefficient (Wildman–Crippen LogP) is 3.39. The van der Waals surface area contributed by atoms with Crippen molar-refractivity contribution in [3.05, 3.63) is 31.2 Å². The van der Waals surface area contributed by atoms with Gasteiger partial charge in [0.15, 0.2) is 12.2 Å². The summed E-state index contributed by atoms with van der Waals surface area (Å²) in [5.41, 5.74) is -0.896. The summed E-state index contributed by atoms with van der Waals surface area (Å²) in [4.78, 5) is 61.8. The van der Waals surface area contributed by atoms with Crippen LogP contribution in [0.4, 0.5) is 4.39 Å². The number of ether oxygens (including phenoxy) is 4. The molecule has 10 nitrogen and oxygen atoms in total. The summed E-state index contributed by atoms with van der Waals surface area (Å²) < 4.78 is 35.9. The summed E-state index contributed by atoms with van der Waals surface area (Å²) in [6.45, 7) is 2.46. The third kappa shape index (κ3) is 5.05. The van der Waals surface area contributed by atoms with E-state index in [-0.39, 0.29) is 10.0 Å². The lowest BCUT2D eigenvalue weighted by Crippen LogP contribution is -2.66. The van der Waals surface area contributed by atoms with Crippen molar-refractivity contribution in [3.63, 3.8) is 0 Å². The van der Waals surface area contributed by atoms with Crippen LogP contribution in [0, 0.1) is 0 Å². The number of alkyl halides is 1. The number of hydrogen-bond acceptors (Lipinski definition) is 9. The lowest BCUT2D eigenvalue weighted by molar-refractivity contribution is -0.253. The molecule has 2 amide bonds. The van der Waals surface area contributed by atoms with Crippen LogP contribution in [0.2, 0.25) is 20.1 Å². The molecule has 190 valence electrons. The van der Waals surface area contributed by atoms with Crippen LogP contribution in [0.5, 0.6) is 0 Å². The number of imide groups is 1. The average Bonchev–Trinajstić information content (AvgIpc) is 3.01. The van der Waals surface area contributed by atoms with Gasteiger partial charge in [0.1, 0.15) is 18.8 Å². The molecule has 0 N–H and O–H groups in total. The van der Waals surface area contributed by atoms with Crippen molar-refractivity contribution in [1.29, 1.82) is 0 Å². The van der Waals surface area contributed by atoms with Gasteiger partial charge in [-0.3, -0.25) is 28.9 Å². The van der Waals surface area contributed by atoms with Crippen LogP contribution in [0.25, 0.3) is 0 Å². The Kier molecular flexibility index (Phi) is 8.17. The molecule has 15 heteroatoms. The Balaban J connectivity index is 2.12. The summed E-state index contributed by atoms with van der Waals surface area (Å²) in [5.74, 6) is -4.88. The molecule has 2 aliphatic heterocycles. The number of hydrogen-bond donors (Lipinski definition) is 0. The van der Waals surface area contributed by atoms with Gasteiger partial charge in [0, 0.05) is 20.8 Å². The molecular weight excluding hydrogens is 559 g/mol. The number of carbonyl (C=O) groups excluding carboxylic acids is 5. The van der Waals surface area contributed by atoms with E-state index in [2.05, 4.69) is 0 Å². The Morgan fingerprint density at radius 2 is 1.29 bits per heavy atom. The molecule has 1 fully saturated rings. The van der Waals surface area contributed by atoms with Gasteiger partial charge in [-0.2, -0.15) is 0 Å². The van der Waals surface area contributed by atoms with Gasteiger partial charge >= 0.3 is 17.9 Å². The van der Waals surface area contributed by atoms with Crippen molar-refractivity contribution >= 4 is 76.1 Å². The first kappa shape index (κ1) is 27.4. The van der Waals surface area contributed by atoms with Gasteiger partial charge in [0.05, 0.1) is 31.2 Å². The van der Waals surface area contributed by atoms with Crippen molar-refractivity contribution < 1.29 is 47.3 Å². The van der Waals surface area contributed by atoms with Crippen LogP contribution in [0.15, 0.2) is 0 Å². The van der Waals surface area contributed by atoms with Gasteiger partial charge < -0.3 is 18.9 Å². The van der Waals surface area contributed by atoms with Gasteiger partial charge in [-0.1, -0.05) is 46.4 Å². The molecule has 35 heavy (non-hydrogen) atoms. The van der Waals surface area contributed by atoms with Gasteiger partial charge in [0.2, 0.25) is 6.36 Å². The van der Waals surface area contributed by atoms with Crippen LogP contribution in [0.1, 0.15) is 41.5 Å². The second-order valence-electron chi connectivity index (χ2n) is 7.45. The standard InChI is InChI=1S/C20H16Cl4FNO9/c1-5(27)32-4-8-16(33-6(2)28)17(34-7(3)29)15(18(25)35-8)26-19(30)9-10(20(26)31)12(22)14(24)13(23)11(9)21/h8,15-18H,4H2,1-3H3/t8-,15-,16-,17-,18+/m1/s1. The third-order valence-corrected chi connectivity index (χ3v) is 6.89. The van der Waals surface area contributed by atoms with Gasteiger partial charge in [-0.25, -0.2) is 4.39 Å². The minimum Gasteiger partial charge on any atom is -0.463 e. The second-order valence-corrected chi connectivity index (χ2v) is 8.97. The van der Waals surface area contributed by atoms with Gasteiger partial charge in [-0.05, 0) is 0 Å². The Labute approximate surface area is 217 Å². The molecular formula is C20H16Cl4FNO9. The largest absolute Gasteiger partial charge is 0.463 e. The third-order valence-electron chi connectivity index (χ3n) is 5.09. The maximum Gasteiger partial charge on any atom is 0.303 e. The molecule has 2 heterocycles. The number of rotatable bonds is 5. The van der Waals surface area contributed by atoms with Crippen molar-refractivity contribution in [2.24, 2.45) is 0 Å². The molecule has 1 aromatic carbocycles. The smallest absolute Gasteiger partial charge is 0.303 e. The molecule has 1 aromatic rings. The highest BCUT2D eigenvalue weighted by Gasteiger charge is 2.58. The Morgan fingerprint density at radius 1 is 0.829 bits per heavy atom. The first-order valence-electron chi connectivity index (χ1n) is 9.79. The number of esters is 3. The highest BCUT2D eigenvalue weighted by molar-refractivity contribution is 6.55. The zero-order valence-corrected chi connectivity index (χ0v) is 21.1. The van der Waals surface area contributed by atoms with Gasteiger partial charge in [-0.15, -0.1) is 0 Å². The Morgan fingerprint density at radius 3 is 1.71 bits per heavy atom. The van der Waals surface area contributed by atoms with Crippen LogP contribution in [-0.4, -0.2) is 71.9 Å². The predicted molar refractivity (Wildman–Crippen MR) is 118 cm³/mol. The first-order valence-corrected chi connectivity index (χ1v) is 11.3. The number of nitrogens with zero attached hydrogens (tertiary/aromatic N) is 1. The minimum absolute atomic E-state index is 0.312. The maximum atomic E-state index is 15.5. The van der Waals surface area contributed by atoms with E-state index in [4.69, 9.17) is 65.4 Å². The quantitative estimate of drug-likeness (QED) is 0.171. The van der Waals surface area contributed by atoms with Crippen molar-refractivity contribution in [2.75, 3.05) is 6.61 Å². The molecule has 5 atom stereocenters. The van der Waals surface area contributed by atoms with E-state index >= 15 is 4.39 Å². The average molecular weight is 575 g/mol. The Bertz CT molecular complexity index is 1080. The molecule has 2 aliphatic rings. The molecule has 3 rings (SSSR count). The van der Waals surface area contributed by atoms with E-state index in [9.17, 15) is 24.0 Å². The summed E-state index contributed by atoms with van der Waals surface area (Å²) in [6.07, 6.45) is -7.30. The number of fused-ring (bicyclic) bond motifs is 1. The van der Waals surface area contributed by atoms with Crippen molar-refractivity contribution in [1.82, 2.24) is 4.90 Å². The van der Waals surface area contributed by atoms with E-state index in [0.29, 0.717) is 4.90 Å². The number of halogens is 5. The van der Waals surface area contributed by atoms with Crippen molar-refractivity contribution in [3.8, 4) is 0 Å². The lowest BCUT2D eigenvalue weighted by Gasteiger charge is -2.44. The topological polar surface area (TPSA) is 126 Å². The van der Waals surface area contributed by atoms with E-state index in [1.54, 1.807) is 0 Å². The van der Waals surface area contributed by atoms with Crippen LogP contribution >= 0.6 is 46.4 Å². The lowest BCUT2D eigenvalue weighted by atomic mass is 9.95. The fourth-order valence-electron chi connectivity index (χ4n) is 3.78. The fourth-order valence-corrected chi connectivity index (χ4v) is 4.79. The zero-order valence-electron chi connectivity index (χ0n) is 18.1. The molecule has 0 aromatic heterocycles. The number of benzene rings is 1.